The normalized spacial score (nSPS) is 12.1. The van der Waals surface area contributed by atoms with E-state index in [2.05, 4.69) is 5.32 Å². The number of carbonyl (C=O) groups is 1. The first-order valence-electron chi connectivity index (χ1n) is 8.12. The van der Waals surface area contributed by atoms with E-state index in [9.17, 15) is 26.4 Å². The number of aryl methyl sites for hydroxylation is 1. The molecule has 0 bridgehead atoms. The second-order valence-corrected chi connectivity index (χ2v) is 8.52. The Hall–Kier alpha value is -2.26. The molecule has 0 saturated carbocycles. The summed E-state index contributed by atoms with van der Waals surface area (Å²) in [4.78, 5) is 11.9. The Morgan fingerprint density at radius 2 is 1.75 bits per heavy atom. The SMILES string of the molecule is Cc1ccc(S(=O)(=O)Nc2ccc(Cl)cc2C(F)(F)F)cc1C(=O)NC(C)C. The fourth-order valence-electron chi connectivity index (χ4n) is 2.40. The van der Waals surface area contributed by atoms with Gasteiger partial charge in [-0.15, -0.1) is 0 Å². The van der Waals surface area contributed by atoms with Crippen molar-refractivity contribution in [1.29, 1.82) is 0 Å². The van der Waals surface area contributed by atoms with Crippen LogP contribution in [0.15, 0.2) is 41.3 Å². The summed E-state index contributed by atoms with van der Waals surface area (Å²) < 4.78 is 66.8. The lowest BCUT2D eigenvalue weighted by Gasteiger charge is -2.16. The molecule has 0 atom stereocenters. The molecule has 2 N–H and O–H groups in total. The maximum Gasteiger partial charge on any atom is 0.418 e. The van der Waals surface area contributed by atoms with E-state index < -0.39 is 33.4 Å². The highest BCUT2D eigenvalue weighted by Crippen LogP contribution is 2.37. The van der Waals surface area contributed by atoms with Crippen molar-refractivity contribution in [3.05, 3.63) is 58.1 Å². The van der Waals surface area contributed by atoms with Crippen LogP contribution in [-0.4, -0.2) is 20.4 Å². The molecule has 0 spiro atoms. The van der Waals surface area contributed by atoms with Crippen molar-refractivity contribution in [2.75, 3.05) is 4.72 Å². The Balaban J connectivity index is 2.46. The van der Waals surface area contributed by atoms with E-state index in [1.54, 1.807) is 20.8 Å². The van der Waals surface area contributed by atoms with Gasteiger partial charge >= 0.3 is 6.18 Å². The Morgan fingerprint density at radius 1 is 1.11 bits per heavy atom. The van der Waals surface area contributed by atoms with Gasteiger partial charge in [-0.05, 0) is 56.7 Å². The lowest BCUT2D eigenvalue weighted by Crippen LogP contribution is -2.30. The van der Waals surface area contributed by atoms with E-state index in [4.69, 9.17) is 11.6 Å². The number of hydrogen-bond donors (Lipinski definition) is 2. The van der Waals surface area contributed by atoms with E-state index in [0.717, 1.165) is 18.2 Å². The van der Waals surface area contributed by atoms with Crippen molar-refractivity contribution < 1.29 is 26.4 Å². The van der Waals surface area contributed by atoms with Crippen LogP contribution in [0.5, 0.6) is 0 Å². The first-order chi connectivity index (χ1) is 12.8. The highest BCUT2D eigenvalue weighted by molar-refractivity contribution is 7.92. The number of benzene rings is 2. The third-order valence-corrected chi connectivity index (χ3v) is 5.31. The predicted molar refractivity (Wildman–Crippen MR) is 101 cm³/mol. The molecule has 0 heterocycles. The highest BCUT2D eigenvalue weighted by atomic mass is 35.5. The summed E-state index contributed by atoms with van der Waals surface area (Å²) in [7, 11) is -4.38. The van der Waals surface area contributed by atoms with Crippen LogP contribution in [-0.2, 0) is 16.2 Å². The molecule has 5 nitrogen and oxygen atoms in total. The summed E-state index contributed by atoms with van der Waals surface area (Å²) in [6.07, 6.45) is -4.81. The molecule has 2 aromatic rings. The van der Waals surface area contributed by atoms with Crippen LogP contribution in [0, 0.1) is 6.92 Å². The zero-order valence-electron chi connectivity index (χ0n) is 15.2. The van der Waals surface area contributed by atoms with Gasteiger partial charge < -0.3 is 5.32 Å². The van der Waals surface area contributed by atoms with Crippen LogP contribution in [0.1, 0.15) is 35.3 Å². The fraction of sp³-hybridized carbons (Fsp3) is 0.278. The third kappa shape index (κ3) is 5.17. The molecular formula is C18H18ClF3N2O3S. The number of rotatable bonds is 5. The molecule has 152 valence electrons. The summed E-state index contributed by atoms with van der Waals surface area (Å²) in [5.41, 5.74) is -1.23. The Kier molecular flexibility index (Phi) is 6.30. The van der Waals surface area contributed by atoms with E-state index in [-0.39, 0.29) is 21.5 Å². The molecule has 2 aromatic carbocycles. The van der Waals surface area contributed by atoms with Crippen molar-refractivity contribution in [2.24, 2.45) is 0 Å². The molecule has 0 saturated heterocycles. The monoisotopic (exact) mass is 434 g/mol. The van der Waals surface area contributed by atoms with E-state index in [0.29, 0.717) is 11.6 Å². The van der Waals surface area contributed by atoms with E-state index in [1.165, 1.54) is 12.1 Å². The second kappa shape index (κ2) is 8.00. The van der Waals surface area contributed by atoms with Gasteiger partial charge in [0.05, 0.1) is 16.1 Å². The van der Waals surface area contributed by atoms with Crippen molar-refractivity contribution in [2.45, 2.75) is 37.9 Å². The minimum atomic E-state index is -4.81. The first-order valence-corrected chi connectivity index (χ1v) is 9.98. The number of halogens is 4. The maximum atomic E-state index is 13.2. The molecule has 0 aliphatic heterocycles. The van der Waals surface area contributed by atoms with Crippen LogP contribution in [0.25, 0.3) is 0 Å². The molecule has 0 radical (unpaired) electrons. The van der Waals surface area contributed by atoms with E-state index >= 15 is 0 Å². The van der Waals surface area contributed by atoms with E-state index in [1.807, 2.05) is 4.72 Å². The molecular weight excluding hydrogens is 417 g/mol. The van der Waals surface area contributed by atoms with Gasteiger partial charge in [-0.2, -0.15) is 13.2 Å². The van der Waals surface area contributed by atoms with Crippen molar-refractivity contribution in [3.63, 3.8) is 0 Å². The van der Waals surface area contributed by atoms with Crippen LogP contribution in [0.3, 0.4) is 0 Å². The zero-order valence-corrected chi connectivity index (χ0v) is 16.8. The van der Waals surface area contributed by atoms with Gasteiger partial charge in [0.2, 0.25) is 0 Å². The van der Waals surface area contributed by atoms with Gasteiger partial charge in [-0.1, -0.05) is 17.7 Å². The summed E-state index contributed by atoms with van der Waals surface area (Å²) in [6, 6.07) is 6.29. The highest BCUT2D eigenvalue weighted by Gasteiger charge is 2.35. The lowest BCUT2D eigenvalue weighted by molar-refractivity contribution is -0.136. The maximum absolute atomic E-state index is 13.2. The van der Waals surface area contributed by atoms with Crippen LogP contribution in [0.4, 0.5) is 18.9 Å². The summed E-state index contributed by atoms with van der Waals surface area (Å²) in [6.45, 7) is 5.11. The van der Waals surface area contributed by atoms with Crippen molar-refractivity contribution in [3.8, 4) is 0 Å². The van der Waals surface area contributed by atoms with Gasteiger partial charge in [0, 0.05) is 16.6 Å². The second-order valence-electron chi connectivity index (χ2n) is 6.40. The number of nitrogens with one attached hydrogen (secondary N) is 2. The summed E-state index contributed by atoms with van der Waals surface area (Å²) in [5.74, 6) is -0.480. The number of carbonyl (C=O) groups excluding carboxylic acids is 1. The largest absolute Gasteiger partial charge is 0.418 e. The number of amides is 1. The lowest BCUT2D eigenvalue weighted by atomic mass is 10.1. The van der Waals surface area contributed by atoms with Gasteiger partial charge in [-0.3, -0.25) is 9.52 Å². The first kappa shape index (κ1) is 22.0. The molecule has 0 aliphatic carbocycles. The number of hydrogen-bond acceptors (Lipinski definition) is 3. The number of anilines is 1. The standard InChI is InChI=1S/C18H18ClF3N2O3S/c1-10(2)23-17(25)14-9-13(6-4-11(14)3)28(26,27)24-16-7-5-12(19)8-15(16)18(20,21)22/h4-10,24H,1-3H3,(H,23,25). The van der Waals surface area contributed by atoms with Crippen molar-refractivity contribution >= 4 is 33.2 Å². The molecule has 10 heteroatoms. The minimum absolute atomic E-state index is 0.115. The topological polar surface area (TPSA) is 75.3 Å². The molecule has 0 aromatic heterocycles. The quantitative estimate of drug-likeness (QED) is 0.721. The average molecular weight is 435 g/mol. The smallest absolute Gasteiger partial charge is 0.350 e. The van der Waals surface area contributed by atoms with Gasteiger partial charge in [-0.25, -0.2) is 8.42 Å². The molecule has 0 fully saturated rings. The van der Waals surface area contributed by atoms with Crippen LogP contribution < -0.4 is 10.0 Å². The number of sulfonamides is 1. The zero-order chi connectivity index (χ0) is 21.3. The Bertz CT molecular complexity index is 1010. The minimum Gasteiger partial charge on any atom is -0.350 e. The van der Waals surface area contributed by atoms with Gasteiger partial charge in [0.1, 0.15) is 0 Å². The molecule has 0 unspecified atom stereocenters. The number of alkyl halides is 3. The molecule has 0 aliphatic rings. The Morgan fingerprint density at radius 3 is 2.32 bits per heavy atom. The summed E-state index contributed by atoms with van der Waals surface area (Å²) >= 11 is 5.60. The summed E-state index contributed by atoms with van der Waals surface area (Å²) in [5, 5.41) is 2.46. The van der Waals surface area contributed by atoms with Crippen LogP contribution >= 0.6 is 11.6 Å². The Labute approximate surface area is 166 Å². The van der Waals surface area contributed by atoms with Crippen LogP contribution in [0.2, 0.25) is 5.02 Å². The fourth-order valence-corrected chi connectivity index (χ4v) is 3.67. The third-order valence-electron chi connectivity index (χ3n) is 3.72. The predicted octanol–water partition coefficient (Wildman–Crippen LogP) is 4.61. The molecule has 28 heavy (non-hydrogen) atoms. The molecule has 1 amide bonds. The van der Waals surface area contributed by atoms with Gasteiger partial charge in [0.15, 0.2) is 0 Å². The van der Waals surface area contributed by atoms with Gasteiger partial charge in [0.25, 0.3) is 15.9 Å². The average Bonchev–Trinajstić information content (AvgIpc) is 2.54. The van der Waals surface area contributed by atoms with Crippen molar-refractivity contribution in [1.82, 2.24) is 5.32 Å². The molecule has 2 rings (SSSR count).